The van der Waals surface area contributed by atoms with Crippen molar-refractivity contribution in [3.8, 4) is 0 Å². The molecule has 0 aromatic heterocycles. The molecule has 0 fully saturated rings. The van der Waals surface area contributed by atoms with Gasteiger partial charge in [-0.1, -0.05) is 49.4 Å². The number of carbonyl (C=O) groups is 1. The standard InChI is InChI=1S/C16H15NO5/c1-2-16(15(18)22-21,12-6-4-3-5-7-12)13-8-10-14(11-9-13)17(19)20/h3-11,21H,2H2,1H3. The fourth-order valence-electron chi connectivity index (χ4n) is 2.62. The van der Waals surface area contributed by atoms with E-state index in [0.717, 1.165) is 0 Å². The van der Waals surface area contributed by atoms with E-state index < -0.39 is 16.3 Å². The molecule has 1 N–H and O–H groups in total. The third kappa shape index (κ3) is 2.56. The van der Waals surface area contributed by atoms with Crippen LogP contribution >= 0.6 is 0 Å². The Bertz CT molecular complexity index is 669. The lowest BCUT2D eigenvalue weighted by atomic mass is 9.72. The lowest BCUT2D eigenvalue weighted by Crippen LogP contribution is -2.37. The Morgan fingerprint density at radius 3 is 2.14 bits per heavy atom. The van der Waals surface area contributed by atoms with Gasteiger partial charge in [0.05, 0.1) is 4.92 Å². The smallest absolute Gasteiger partial charge is 0.300 e. The molecule has 22 heavy (non-hydrogen) atoms. The van der Waals surface area contributed by atoms with Crippen molar-refractivity contribution in [1.82, 2.24) is 0 Å². The van der Waals surface area contributed by atoms with Crippen LogP contribution in [0.5, 0.6) is 0 Å². The molecule has 0 saturated carbocycles. The number of non-ortho nitro benzene ring substituents is 1. The highest BCUT2D eigenvalue weighted by molar-refractivity contribution is 5.87. The second-order valence-corrected chi connectivity index (χ2v) is 4.81. The van der Waals surface area contributed by atoms with Crippen molar-refractivity contribution in [2.75, 3.05) is 0 Å². The number of hydrogen-bond donors (Lipinski definition) is 1. The van der Waals surface area contributed by atoms with Crippen LogP contribution in [0.1, 0.15) is 24.5 Å². The molecule has 2 rings (SSSR count). The molecule has 0 amide bonds. The van der Waals surface area contributed by atoms with Gasteiger partial charge in [0.2, 0.25) is 0 Å². The first-order valence-corrected chi connectivity index (χ1v) is 6.72. The first kappa shape index (κ1) is 15.7. The Hall–Kier alpha value is -2.73. The normalized spacial score (nSPS) is 13.2. The van der Waals surface area contributed by atoms with Gasteiger partial charge in [0.15, 0.2) is 0 Å². The summed E-state index contributed by atoms with van der Waals surface area (Å²) in [5, 5.41) is 19.7. The Kier molecular flexibility index (Phi) is 4.53. The van der Waals surface area contributed by atoms with Crippen molar-refractivity contribution in [3.05, 3.63) is 75.8 Å². The van der Waals surface area contributed by atoms with Gasteiger partial charge in [-0.25, -0.2) is 4.79 Å². The lowest BCUT2D eigenvalue weighted by molar-refractivity contribution is -0.384. The van der Waals surface area contributed by atoms with Crippen molar-refractivity contribution in [1.29, 1.82) is 0 Å². The van der Waals surface area contributed by atoms with Gasteiger partial charge in [-0.3, -0.25) is 15.0 Å². The van der Waals surface area contributed by atoms with Crippen LogP contribution in [0.2, 0.25) is 0 Å². The molecule has 2 aromatic rings. The van der Waals surface area contributed by atoms with Crippen molar-refractivity contribution in [2.24, 2.45) is 0 Å². The SMILES string of the molecule is CCC(C(=O)OO)(c1ccccc1)c1ccc([N+](=O)[O-])cc1. The minimum Gasteiger partial charge on any atom is -0.300 e. The molecule has 2 aromatic carbocycles. The molecule has 0 spiro atoms. The first-order valence-electron chi connectivity index (χ1n) is 6.72. The summed E-state index contributed by atoms with van der Waals surface area (Å²) in [5.74, 6) is -0.824. The highest BCUT2D eigenvalue weighted by Gasteiger charge is 2.42. The highest BCUT2D eigenvalue weighted by atomic mass is 17.1. The van der Waals surface area contributed by atoms with Gasteiger partial charge >= 0.3 is 5.97 Å². The Balaban J connectivity index is 2.63. The highest BCUT2D eigenvalue weighted by Crippen LogP contribution is 2.37. The largest absolute Gasteiger partial charge is 0.356 e. The molecule has 1 unspecified atom stereocenters. The number of nitro benzene ring substituents is 1. The molecule has 0 aliphatic carbocycles. The minimum atomic E-state index is -1.22. The predicted molar refractivity (Wildman–Crippen MR) is 79.3 cm³/mol. The van der Waals surface area contributed by atoms with E-state index >= 15 is 0 Å². The minimum absolute atomic E-state index is 0.0702. The topological polar surface area (TPSA) is 89.7 Å². The van der Waals surface area contributed by atoms with Crippen molar-refractivity contribution in [3.63, 3.8) is 0 Å². The maximum atomic E-state index is 12.3. The number of hydrogen-bond acceptors (Lipinski definition) is 5. The lowest BCUT2D eigenvalue weighted by Gasteiger charge is -2.29. The molecule has 0 aliphatic rings. The van der Waals surface area contributed by atoms with Crippen LogP contribution in [0.25, 0.3) is 0 Å². The van der Waals surface area contributed by atoms with Gasteiger partial charge in [-0.15, -0.1) is 0 Å². The van der Waals surface area contributed by atoms with Gasteiger partial charge in [0.1, 0.15) is 5.41 Å². The summed E-state index contributed by atoms with van der Waals surface area (Å²) in [6, 6.07) is 14.5. The van der Waals surface area contributed by atoms with Gasteiger partial charge in [0, 0.05) is 12.1 Å². The molecule has 0 saturated heterocycles. The summed E-state index contributed by atoms with van der Waals surface area (Å²) in [7, 11) is 0. The van der Waals surface area contributed by atoms with Crippen LogP contribution in [-0.2, 0) is 15.1 Å². The van der Waals surface area contributed by atoms with Gasteiger partial charge in [-0.05, 0) is 17.5 Å². The fraction of sp³-hybridized carbons (Fsp3) is 0.188. The second-order valence-electron chi connectivity index (χ2n) is 4.81. The van der Waals surface area contributed by atoms with Gasteiger partial charge in [0.25, 0.3) is 5.69 Å². The van der Waals surface area contributed by atoms with Crippen LogP contribution in [-0.4, -0.2) is 16.1 Å². The zero-order valence-corrected chi connectivity index (χ0v) is 11.9. The molecule has 0 heterocycles. The van der Waals surface area contributed by atoms with Gasteiger partial charge < -0.3 is 0 Å². The van der Waals surface area contributed by atoms with E-state index in [1.165, 1.54) is 24.3 Å². The molecule has 114 valence electrons. The van der Waals surface area contributed by atoms with Crippen molar-refractivity contribution < 1.29 is 19.9 Å². The number of carbonyl (C=O) groups excluding carboxylic acids is 1. The number of benzene rings is 2. The van der Waals surface area contributed by atoms with Crippen LogP contribution in [0.15, 0.2) is 54.6 Å². The maximum absolute atomic E-state index is 12.3. The van der Waals surface area contributed by atoms with Crippen LogP contribution in [0, 0.1) is 10.1 Å². The monoisotopic (exact) mass is 301 g/mol. The summed E-state index contributed by atoms with van der Waals surface area (Å²) >= 11 is 0. The number of nitro groups is 1. The summed E-state index contributed by atoms with van der Waals surface area (Å²) in [6.07, 6.45) is 0.328. The Labute approximate surface area is 127 Å². The Morgan fingerprint density at radius 2 is 1.68 bits per heavy atom. The van der Waals surface area contributed by atoms with Crippen molar-refractivity contribution >= 4 is 11.7 Å². The summed E-state index contributed by atoms with van der Waals surface area (Å²) < 4.78 is 0. The van der Waals surface area contributed by atoms with E-state index in [2.05, 4.69) is 4.89 Å². The summed E-state index contributed by atoms with van der Waals surface area (Å²) in [6.45, 7) is 1.78. The third-order valence-corrected chi connectivity index (χ3v) is 3.80. The molecule has 6 nitrogen and oxygen atoms in total. The molecular formula is C16H15NO5. The predicted octanol–water partition coefficient (Wildman–Crippen LogP) is 3.31. The zero-order chi connectivity index (χ0) is 16.2. The van der Waals surface area contributed by atoms with E-state index in [4.69, 9.17) is 5.26 Å². The summed E-state index contributed by atoms with van der Waals surface area (Å²) in [4.78, 5) is 26.6. The zero-order valence-electron chi connectivity index (χ0n) is 11.9. The van der Waals surface area contributed by atoms with E-state index in [1.807, 2.05) is 6.07 Å². The number of nitrogens with zero attached hydrogens (tertiary/aromatic N) is 1. The molecule has 0 aliphatic heterocycles. The fourth-order valence-corrected chi connectivity index (χ4v) is 2.62. The van der Waals surface area contributed by atoms with Crippen LogP contribution < -0.4 is 0 Å². The van der Waals surface area contributed by atoms with Crippen molar-refractivity contribution in [2.45, 2.75) is 18.8 Å². The van der Waals surface area contributed by atoms with Crippen LogP contribution in [0.3, 0.4) is 0 Å². The van der Waals surface area contributed by atoms with Crippen LogP contribution in [0.4, 0.5) is 5.69 Å². The van der Waals surface area contributed by atoms with Gasteiger partial charge in [-0.2, -0.15) is 5.26 Å². The first-order chi connectivity index (χ1) is 10.6. The third-order valence-electron chi connectivity index (χ3n) is 3.80. The Morgan fingerprint density at radius 1 is 1.14 bits per heavy atom. The van der Waals surface area contributed by atoms with E-state index in [-0.39, 0.29) is 5.69 Å². The molecular weight excluding hydrogens is 286 g/mol. The molecule has 0 bridgehead atoms. The average molecular weight is 301 g/mol. The molecule has 0 radical (unpaired) electrons. The second kappa shape index (κ2) is 6.36. The molecule has 6 heteroatoms. The number of rotatable bonds is 5. The van der Waals surface area contributed by atoms with E-state index in [1.54, 1.807) is 31.2 Å². The van der Waals surface area contributed by atoms with E-state index in [9.17, 15) is 14.9 Å². The molecule has 1 atom stereocenters. The maximum Gasteiger partial charge on any atom is 0.356 e. The van der Waals surface area contributed by atoms with E-state index in [0.29, 0.717) is 17.5 Å². The summed E-state index contributed by atoms with van der Waals surface area (Å²) in [5.41, 5.74) is -0.124. The quantitative estimate of drug-likeness (QED) is 0.520. The average Bonchev–Trinajstić information content (AvgIpc) is 2.57.